The molecule has 1 aliphatic rings. The van der Waals surface area contributed by atoms with E-state index in [0.717, 1.165) is 13.0 Å². The molecule has 1 saturated heterocycles. The molecule has 0 aromatic rings. The van der Waals surface area contributed by atoms with Crippen LogP contribution < -0.4 is 0 Å². The summed E-state index contributed by atoms with van der Waals surface area (Å²) in [7, 11) is 4.10. The van der Waals surface area contributed by atoms with E-state index in [1.165, 1.54) is 0 Å². The second-order valence-electron chi connectivity index (χ2n) is 5.65. The highest BCUT2D eigenvalue weighted by atomic mass is 16.2. The number of piperidine rings is 1. The van der Waals surface area contributed by atoms with Gasteiger partial charge in [0.25, 0.3) is 0 Å². The number of amides is 1. The van der Waals surface area contributed by atoms with Crippen LogP contribution in [-0.4, -0.2) is 48.4 Å². The highest BCUT2D eigenvalue weighted by Crippen LogP contribution is 2.25. The van der Waals surface area contributed by atoms with E-state index in [2.05, 4.69) is 25.8 Å². The van der Waals surface area contributed by atoms with Crippen molar-refractivity contribution in [3.8, 4) is 0 Å². The lowest BCUT2D eigenvalue weighted by atomic mass is 9.88. The van der Waals surface area contributed by atoms with Gasteiger partial charge in [0, 0.05) is 31.6 Å². The van der Waals surface area contributed by atoms with Gasteiger partial charge >= 0.3 is 0 Å². The van der Waals surface area contributed by atoms with Gasteiger partial charge in [-0.1, -0.05) is 20.8 Å². The molecule has 0 radical (unpaired) electrons. The minimum Gasteiger partial charge on any atom is -0.341 e. The first kappa shape index (κ1) is 13.5. The van der Waals surface area contributed by atoms with E-state index < -0.39 is 0 Å². The Morgan fingerprint density at radius 1 is 1.38 bits per heavy atom. The molecule has 3 unspecified atom stereocenters. The van der Waals surface area contributed by atoms with Crippen LogP contribution in [0.25, 0.3) is 0 Å². The maximum Gasteiger partial charge on any atom is 0.225 e. The molecule has 0 aliphatic carbocycles. The molecular formula is C13H26N2O. The number of hydrogen-bond acceptors (Lipinski definition) is 2. The van der Waals surface area contributed by atoms with Crippen molar-refractivity contribution < 1.29 is 4.79 Å². The number of carbonyl (C=O) groups is 1. The Hall–Kier alpha value is -0.570. The van der Waals surface area contributed by atoms with Crippen LogP contribution in [0.4, 0.5) is 0 Å². The largest absolute Gasteiger partial charge is 0.341 e. The van der Waals surface area contributed by atoms with Gasteiger partial charge < -0.3 is 9.80 Å². The van der Waals surface area contributed by atoms with Gasteiger partial charge in [0.2, 0.25) is 5.91 Å². The molecule has 3 atom stereocenters. The normalized spacial score (nSPS) is 31.8. The quantitative estimate of drug-likeness (QED) is 0.717. The van der Waals surface area contributed by atoms with Gasteiger partial charge in [-0.25, -0.2) is 0 Å². The minimum absolute atomic E-state index is 0.102. The van der Waals surface area contributed by atoms with Crippen LogP contribution in [0.1, 0.15) is 34.1 Å². The van der Waals surface area contributed by atoms with Crippen molar-refractivity contribution in [1.82, 2.24) is 9.80 Å². The molecule has 3 heteroatoms. The predicted molar refractivity (Wildman–Crippen MR) is 67.3 cm³/mol. The Bertz CT molecular complexity index is 240. The second kappa shape index (κ2) is 5.17. The van der Waals surface area contributed by atoms with E-state index in [0.29, 0.717) is 18.0 Å². The van der Waals surface area contributed by atoms with Crippen LogP contribution in [0, 0.1) is 11.8 Å². The summed E-state index contributed by atoms with van der Waals surface area (Å²) in [6.07, 6.45) is 1.13. The molecule has 0 N–H and O–H groups in total. The fourth-order valence-corrected chi connectivity index (χ4v) is 2.50. The molecule has 1 rings (SSSR count). The number of carbonyl (C=O) groups excluding carboxylic acids is 1. The molecule has 1 fully saturated rings. The maximum atomic E-state index is 11.9. The molecular weight excluding hydrogens is 200 g/mol. The summed E-state index contributed by atoms with van der Waals surface area (Å²) >= 11 is 0. The van der Waals surface area contributed by atoms with Crippen molar-refractivity contribution in [2.75, 3.05) is 20.6 Å². The molecule has 1 aliphatic heterocycles. The summed E-state index contributed by atoms with van der Waals surface area (Å²) in [6.45, 7) is 9.49. The van der Waals surface area contributed by atoms with Crippen molar-refractivity contribution in [3.05, 3.63) is 0 Å². The summed E-state index contributed by atoms with van der Waals surface area (Å²) in [4.78, 5) is 16.3. The van der Waals surface area contributed by atoms with E-state index in [1.807, 2.05) is 25.8 Å². The fraction of sp³-hybridized carbons (Fsp3) is 0.923. The summed E-state index contributed by atoms with van der Waals surface area (Å²) < 4.78 is 0. The average Bonchev–Trinajstić information content (AvgIpc) is 2.22. The van der Waals surface area contributed by atoms with Crippen LogP contribution in [0.5, 0.6) is 0 Å². The molecule has 0 aromatic heterocycles. The lowest BCUT2D eigenvalue weighted by molar-refractivity contribution is -0.137. The SMILES string of the molecule is CC(C)C(=O)N(C)C1CC(C)C(C)N(C)C1. The highest BCUT2D eigenvalue weighted by Gasteiger charge is 2.32. The summed E-state index contributed by atoms with van der Waals surface area (Å²) in [5.41, 5.74) is 0. The number of likely N-dealkylation sites (tertiary alicyclic amines) is 1. The van der Waals surface area contributed by atoms with Crippen molar-refractivity contribution >= 4 is 5.91 Å². The molecule has 94 valence electrons. The lowest BCUT2D eigenvalue weighted by Crippen LogP contribution is -2.53. The van der Waals surface area contributed by atoms with E-state index in [4.69, 9.17) is 0 Å². The van der Waals surface area contributed by atoms with Crippen LogP contribution in [-0.2, 0) is 4.79 Å². The highest BCUT2D eigenvalue weighted by molar-refractivity contribution is 5.78. The van der Waals surface area contributed by atoms with Gasteiger partial charge in [-0.05, 0) is 26.3 Å². The molecule has 1 amide bonds. The third-order valence-corrected chi connectivity index (χ3v) is 4.05. The zero-order valence-electron chi connectivity index (χ0n) is 11.5. The third-order valence-electron chi connectivity index (χ3n) is 4.05. The van der Waals surface area contributed by atoms with Crippen LogP contribution in [0.2, 0.25) is 0 Å². The van der Waals surface area contributed by atoms with Crippen molar-refractivity contribution in [3.63, 3.8) is 0 Å². The molecule has 0 saturated carbocycles. The first-order valence-corrected chi connectivity index (χ1v) is 6.31. The second-order valence-corrected chi connectivity index (χ2v) is 5.65. The minimum atomic E-state index is 0.102. The van der Waals surface area contributed by atoms with E-state index >= 15 is 0 Å². The Morgan fingerprint density at radius 3 is 2.38 bits per heavy atom. The third kappa shape index (κ3) is 2.76. The van der Waals surface area contributed by atoms with Crippen LogP contribution >= 0.6 is 0 Å². The molecule has 1 heterocycles. The molecule has 0 spiro atoms. The number of likely N-dealkylation sites (N-methyl/N-ethyl adjacent to an activating group) is 2. The Labute approximate surface area is 99.8 Å². The van der Waals surface area contributed by atoms with Crippen molar-refractivity contribution in [2.45, 2.75) is 46.2 Å². The van der Waals surface area contributed by atoms with Crippen LogP contribution in [0.15, 0.2) is 0 Å². The Balaban J connectivity index is 2.65. The number of nitrogens with zero attached hydrogens (tertiary/aromatic N) is 2. The van der Waals surface area contributed by atoms with Crippen LogP contribution in [0.3, 0.4) is 0 Å². The van der Waals surface area contributed by atoms with Gasteiger partial charge in [0.15, 0.2) is 0 Å². The zero-order chi connectivity index (χ0) is 12.5. The van der Waals surface area contributed by atoms with E-state index in [1.54, 1.807) is 0 Å². The Kier molecular flexibility index (Phi) is 4.36. The molecule has 3 nitrogen and oxygen atoms in total. The molecule has 16 heavy (non-hydrogen) atoms. The standard InChI is InChI=1S/C13H26N2O/c1-9(2)13(16)15(6)12-7-10(3)11(4)14(5)8-12/h9-12H,7-8H2,1-6H3. The Morgan fingerprint density at radius 2 is 1.94 bits per heavy atom. The topological polar surface area (TPSA) is 23.6 Å². The van der Waals surface area contributed by atoms with Gasteiger partial charge in [-0.2, -0.15) is 0 Å². The smallest absolute Gasteiger partial charge is 0.225 e. The van der Waals surface area contributed by atoms with Gasteiger partial charge in [0.05, 0.1) is 0 Å². The summed E-state index contributed by atoms with van der Waals surface area (Å²) in [6, 6.07) is 1.00. The summed E-state index contributed by atoms with van der Waals surface area (Å²) in [5.74, 6) is 1.02. The lowest BCUT2D eigenvalue weighted by Gasteiger charge is -2.43. The van der Waals surface area contributed by atoms with Crippen molar-refractivity contribution in [1.29, 1.82) is 0 Å². The van der Waals surface area contributed by atoms with E-state index in [-0.39, 0.29) is 11.8 Å². The summed E-state index contributed by atoms with van der Waals surface area (Å²) in [5, 5.41) is 0. The van der Waals surface area contributed by atoms with Gasteiger partial charge in [0.1, 0.15) is 0 Å². The number of hydrogen-bond donors (Lipinski definition) is 0. The first-order chi connectivity index (χ1) is 7.34. The van der Waals surface area contributed by atoms with E-state index in [9.17, 15) is 4.79 Å². The first-order valence-electron chi connectivity index (χ1n) is 6.31. The van der Waals surface area contributed by atoms with Crippen molar-refractivity contribution in [2.24, 2.45) is 11.8 Å². The maximum absolute atomic E-state index is 11.9. The predicted octanol–water partition coefficient (Wildman–Crippen LogP) is 1.83. The number of rotatable bonds is 2. The average molecular weight is 226 g/mol. The van der Waals surface area contributed by atoms with Gasteiger partial charge in [-0.3, -0.25) is 4.79 Å². The zero-order valence-corrected chi connectivity index (χ0v) is 11.5. The fourth-order valence-electron chi connectivity index (χ4n) is 2.50. The van der Waals surface area contributed by atoms with Gasteiger partial charge in [-0.15, -0.1) is 0 Å². The molecule has 0 bridgehead atoms. The monoisotopic (exact) mass is 226 g/mol. The molecule has 0 aromatic carbocycles.